The molecular formula is C24H19ClN4O2. The first-order chi connectivity index (χ1) is 15.0. The molecule has 154 valence electrons. The van der Waals surface area contributed by atoms with E-state index in [4.69, 9.17) is 11.6 Å². The summed E-state index contributed by atoms with van der Waals surface area (Å²) in [6.45, 7) is 1.63. The molecule has 3 aromatic carbocycles. The minimum Gasteiger partial charge on any atom is -0.508 e. The van der Waals surface area contributed by atoms with Gasteiger partial charge in [0.15, 0.2) is 0 Å². The van der Waals surface area contributed by atoms with Crippen LogP contribution in [0.3, 0.4) is 0 Å². The predicted molar refractivity (Wildman–Crippen MR) is 124 cm³/mol. The highest BCUT2D eigenvalue weighted by Crippen LogP contribution is 2.29. The van der Waals surface area contributed by atoms with E-state index in [2.05, 4.69) is 20.5 Å². The monoisotopic (exact) mass is 430 g/mol. The summed E-state index contributed by atoms with van der Waals surface area (Å²) in [5.41, 5.74) is 6.96. The van der Waals surface area contributed by atoms with E-state index in [9.17, 15) is 10.2 Å². The van der Waals surface area contributed by atoms with Gasteiger partial charge in [-0.2, -0.15) is 5.10 Å². The molecule has 0 unspecified atom stereocenters. The molecule has 0 saturated heterocycles. The summed E-state index contributed by atoms with van der Waals surface area (Å²) in [5, 5.41) is 24.6. The number of halogens is 1. The summed E-state index contributed by atoms with van der Waals surface area (Å²) in [4.78, 5) is 9.13. The van der Waals surface area contributed by atoms with Crippen LogP contribution in [0.1, 0.15) is 11.1 Å². The Morgan fingerprint density at radius 3 is 2.19 bits per heavy atom. The normalized spacial score (nSPS) is 11.0. The van der Waals surface area contributed by atoms with Crippen molar-refractivity contribution in [2.75, 3.05) is 5.43 Å². The van der Waals surface area contributed by atoms with Crippen molar-refractivity contribution in [1.82, 2.24) is 9.97 Å². The summed E-state index contributed by atoms with van der Waals surface area (Å²) >= 11 is 6.02. The van der Waals surface area contributed by atoms with Gasteiger partial charge in [0.1, 0.15) is 11.5 Å². The molecule has 7 heteroatoms. The number of benzene rings is 3. The van der Waals surface area contributed by atoms with E-state index in [0.29, 0.717) is 27.8 Å². The molecule has 0 amide bonds. The molecule has 4 aromatic rings. The number of aromatic hydroxyl groups is 2. The van der Waals surface area contributed by atoms with Crippen LogP contribution in [-0.4, -0.2) is 26.4 Å². The van der Waals surface area contributed by atoms with Gasteiger partial charge in [-0.3, -0.25) is 0 Å². The Balaban J connectivity index is 1.69. The zero-order valence-corrected chi connectivity index (χ0v) is 17.4. The van der Waals surface area contributed by atoms with Crippen LogP contribution in [0.15, 0.2) is 77.9 Å². The molecule has 0 aliphatic heterocycles. The summed E-state index contributed by atoms with van der Waals surface area (Å²) in [5.74, 6) is 0.290. The molecule has 0 aliphatic rings. The Bertz CT molecular complexity index is 1240. The van der Waals surface area contributed by atoms with Crippen molar-refractivity contribution in [3.8, 4) is 34.0 Å². The summed E-state index contributed by atoms with van der Waals surface area (Å²) in [6, 6.07) is 22.2. The fraction of sp³-hybridized carbons (Fsp3) is 0.0417. The van der Waals surface area contributed by atoms with Gasteiger partial charge in [0, 0.05) is 27.3 Å². The van der Waals surface area contributed by atoms with Crippen LogP contribution in [0.5, 0.6) is 11.5 Å². The number of phenolic OH excluding ortho intramolecular Hbond substituents is 2. The zero-order chi connectivity index (χ0) is 21.8. The van der Waals surface area contributed by atoms with Gasteiger partial charge in [-0.25, -0.2) is 15.4 Å². The Morgan fingerprint density at radius 1 is 0.871 bits per heavy atom. The number of nitrogens with one attached hydrogen (secondary N) is 1. The molecule has 1 aromatic heterocycles. The first-order valence-electron chi connectivity index (χ1n) is 9.52. The SMILES string of the molecule is Cc1c(O)ccc(/C=N\Nc2nc(-c3ccccc3)cc(-c3ccc(Cl)cc3)n2)c1O. The van der Waals surface area contributed by atoms with Crippen molar-refractivity contribution in [2.24, 2.45) is 5.10 Å². The van der Waals surface area contributed by atoms with Gasteiger partial charge >= 0.3 is 0 Å². The van der Waals surface area contributed by atoms with Gasteiger partial charge in [-0.05, 0) is 37.3 Å². The Morgan fingerprint density at radius 2 is 1.52 bits per heavy atom. The van der Waals surface area contributed by atoms with E-state index in [1.165, 1.54) is 12.3 Å². The lowest BCUT2D eigenvalue weighted by atomic mass is 10.1. The zero-order valence-electron chi connectivity index (χ0n) is 16.6. The fourth-order valence-corrected chi connectivity index (χ4v) is 3.12. The molecule has 31 heavy (non-hydrogen) atoms. The second-order valence-electron chi connectivity index (χ2n) is 6.85. The second-order valence-corrected chi connectivity index (χ2v) is 7.29. The number of hydrogen-bond donors (Lipinski definition) is 3. The average molecular weight is 431 g/mol. The minimum atomic E-state index is -0.0358. The van der Waals surface area contributed by atoms with Gasteiger partial charge < -0.3 is 10.2 Å². The Kier molecular flexibility index (Phi) is 5.82. The largest absolute Gasteiger partial charge is 0.508 e. The minimum absolute atomic E-state index is 0.0223. The van der Waals surface area contributed by atoms with E-state index < -0.39 is 0 Å². The smallest absolute Gasteiger partial charge is 0.244 e. The number of aromatic nitrogens is 2. The fourth-order valence-electron chi connectivity index (χ4n) is 3.00. The summed E-state index contributed by atoms with van der Waals surface area (Å²) < 4.78 is 0. The Labute approximate surface area is 184 Å². The third kappa shape index (κ3) is 4.65. The molecule has 1 heterocycles. The lowest BCUT2D eigenvalue weighted by molar-refractivity contribution is 0.442. The standard InChI is InChI=1S/C24H19ClN4O2/c1-15-22(30)12-9-18(23(15)31)14-26-29-24-27-20(16-5-3-2-4-6-16)13-21(28-24)17-7-10-19(25)11-8-17/h2-14,30-31H,1H3,(H,27,28,29)/b26-14-. The van der Waals surface area contributed by atoms with Crippen molar-refractivity contribution in [3.05, 3.63) is 88.9 Å². The third-order valence-corrected chi connectivity index (χ3v) is 4.99. The van der Waals surface area contributed by atoms with Gasteiger partial charge in [0.2, 0.25) is 5.95 Å². The van der Waals surface area contributed by atoms with E-state index >= 15 is 0 Å². The average Bonchev–Trinajstić information content (AvgIpc) is 2.80. The molecule has 0 spiro atoms. The van der Waals surface area contributed by atoms with Crippen molar-refractivity contribution in [2.45, 2.75) is 6.92 Å². The molecule has 0 fully saturated rings. The number of nitrogens with zero attached hydrogens (tertiary/aromatic N) is 3. The van der Waals surface area contributed by atoms with Crippen molar-refractivity contribution in [1.29, 1.82) is 0 Å². The molecule has 0 atom stereocenters. The van der Waals surface area contributed by atoms with E-state index in [-0.39, 0.29) is 11.5 Å². The first-order valence-corrected chi connectivity index (χ1v) is 9.90. The van der Waals surface area contributed by atoms with Crippen LogP contribution in [0.2, 0.25) is 5.02 Å². The number of hydrogen-bond acceptors (Lipinski definition) is 6. The van der Waals surface area contributed by atoms with Crippen molar-refractivity contribution in [3.63, 3.8) is 0 Å². The van der Waals surface area contributed by atoms with E-state index in [1.54, 1.807) is 13.0 Å². The summed E-state index contributed by atoms with van der Waals surface area (Å²) in [6.07, 6.45) is 1.45. The molecule has 6 nitrogen and oxygen atoms in total. The lowest BCUT2D eigenvalue weighted by Gasteiger charge is -2.09. The number of anilines is 1. The topological polar surface area (TPSA) is 90.6 Å². The number of phenols is 2. The highest BCUT2D eigenvalue weighted by Gasteiger charge is 2.09. The van der Waals surface area contributed by atoms with Crippen LogP contribution >= 0.6 is 11.6 Å². The maximum atomic E-state index is 10.2. The Hall–Kier alpha value is -3.90. The van der Waals surface area contributed by atoms with Crippen molar-refractivity contribution >= 4 is 23.8 Å². The highest BCUT2D eigenvalue weighted by molar-refractivity contribution is 6.30. The van der Waals surface area contributed by atoms with Crippen LogP contribution in [0, 0.1) is 6.92 Å². The van der Waals surface area contributed by atoms with Crippen LogP contribution in [-0.2, 0) is 0 Å². The maximum Gasteiger partial charge on any atom is 0.244 e. The predicted octanol–water partition coefficient (Wildman–Crippen LogP) is 5.63. The molecule has 4 rings (SSSR count). The third-order valence-electron chi connectivity index (χ3n) is 4.74. The highest BCUT2D eigenvalue weighted by atomic mass is 35.5. The molecule has 3 N–H and O–H groups in total. The molecule has 0 saturated carbocycles. The molecule has 0 aliphatic carbocycles. The molecule has 0 bridgehead atoms. The summed E-state index contributed by atoms with van der Waals surface area (Å²) in [7, 11) is 0. The van der Waals surface area contributed by atoms with E-state index in [1.807, 2.05) is 60.7 Å². The first kappa shape index (κ1) is 20.4. The van der Waals surface area contributed by atoms with E-state index in [0.717, 1.165) is 16.8 Å². The van der Waals surface area contributed by atoms with Gasteiger partial charge in [0.25, 0.3) is 0 Å². The van der Waals surface area contributed by atoms with Gasteiger partial charge in [-0.15, -0.1) is 0 Å². The number of hydrazone groups is 1. The molecule has 0 radical (unpaired) electrons. The van der Waals surface area contributed by atoms with Crippen molar-refractivity contribution < 1.29 is 10.2 Å². The molecular weight excluding hydrogens is 412 g/mol. The van der Waals surface area contributed by atoms with Crippen LogP contribution in [0.25, 0.3) is 22.5 Å². The van der Waals surface area contributed by atoms with Crippen LogP contribution in [0.4, 0.5) is 5.95 Å². The quantitative estimate of drug-likeness (QED) is 0.282. The number of rotatable bonds is 5. The lowest BCUT2D eigenvalue weighted by Crippen LogP contribution is -2.00. The van der Waals surface area contributed by atoms with Crippen LogP contribution < -0.4 is 5.43 Å². The van der Waals surface area contributed by atoms with Gasteiger partial charge in [0.05, 0.1) is 17.6 Å². The van der Waals surface area contributed by atoms with Gasteiger partial charge in [-0.1, -0.05) is 54.1 Å². The maximum absolute atomic E-state index is 10.2. The second kappa shape index (κ2) is 8.85.